The van der Waals surface area contributed by atoms with Crippen LogP contribution in [0.3, 0.4) is 0 Å². The second-order valence-corrected chi connectivity index (χ2v) is 12.9. The molecule has 0 N–H and O–H groups in total. The molecule has 1 atom stereocenters. The highest BCUT2D eigenvalue weighted by Gasteiger charge is 2.49. The maximum Gasteiger partial charge on any atom is 0.418 e. The Bertz CT molecular complexity index is 1510. The Morgan fingerprint density at radius 2 is 1.75 bits per heavy atom. The summed E-state index contributed by atoms with van der Waals surface area (Å²) in [5, 5.41) is 0. The summed E-state index contributed by atoms with van der Waals surface area (Å²) < 4.78 is 18.0. The SMILES string of the molecule is COC(=C=O)C[C@H](CN1CC2(CCN(C(=O)OCc3ccccc3)C2)C1)c1cccc(-c2cccn2C(=O)OC(C)(C)C)c1. The number of nitrogens with zero attached hydrogens (tertiary/aromatic N) is 3. The maximum absolute atomic E-state index is 12.9. The van der Waals surface area contributed by atoms with Crippen LogP contribution in [-0.4, -0.2) is 77.9 Å². The average Bonchev–Trinajstić information content (AvgIpc) is 3.66. The molecule has 0 saturated carbocycles. The van der Waals surface area contributed by atoms with Crippen molar-refractivity contribution in [3.05, 3.63) is 89.8 Å². The molecule has 2 fully saturated rings. The van der Waals surface area contributed by atoms with E-state index in [9.17, 15) is 14.4 Å². The number of aromatic nitrogens is 1. The fourth-order valence-corrected chi connectivity index (χ4v) is 6.22. The lowest BCUT2D eigenvalue weighted by Crippen LogP contribution is -2.58. The predicted octanol–water partition coefficient (Wildman–Crippen LogP) is 6.12. The van der Waals surface area contributed by atoms with Crippen LogP contribution in [0.5, 0.6) is 0 Å². The van der Waals surface area contributed by atoms with Gasteiger partial charge in [0, 0.05) is 56.7 Å². The van der Waals surface area contributed by atoms with Gasteiger partial charge in [-0.3, -0.25) is 4.57 Å². The minimum Gasteiger partial charge on any atom is -0.490 e. The van der Waals surface area contributed by atoms with Gasteiger partial charge in [-0.2, -0.15) is 0 Å². The van der Waals surface area contributed by atoms with E-state index in [0.717, 1.165) is 41.9 Å². The molecule has 3 aromatic rings. The van der Waals surface area contributed by atoms with Crippen LogP contribution in [0.2, 0.25) is 0 Å². The number of likely N-dealkylation sites (tertiary alicyclic amines) is 2. The van der Waals surface area contributed by atoms with Crippen molar-refractivity contribution in [1.29, 1.82) is 0 Å². The normalized spacial score (nSPS) is 16.6. The van der Waals surface area contributed by atoms with Gasteiger partial charge in [-0.15, -0.1) is 0 Å². The molecule has 2 aliphatic rings. The van der Waals surface area contributed by atoms with E-state index >= 15 is 0 Å². The Labute approximate surface area is 259 Å². The van der Waals surface area contributed by atoms with Gasteiger partial charge in [-0.1, -0.05) is 48.5 Å². The van der Waals surface area contributed by atoms with Crippen LogP contribution < -0.4 is 0 Å². The Morgan fingerprint density at radius 3 is 2.45 bits per heavy atom. The summed E-state index contributed by atoms with van der Waals surface area (Å²) in [7, 11) is 1.49. The fraction of sp³-hybridized carbons (Fsp3) is 0.429. The molecule has 2 saturated heterocycles. The van der Waals surface area contributed by atoms with Crippen LogP contribution in [0, 0.1) is 5.41 Å². The first-order chi connectivity index (χ1) is 21.1. The fourth-order valence-electron chi connectivity index (χ4n) is 6.22. The van der Waals surface area contributed by atoms with E-state index in [1.807, 2.05) is 92.3 Å². The molecule has 44 heavy (non-hydrogen) atoms. The summed E-state index contributed by atoms with van der Waals surface area (Å²) in [4.78, 5) is 41.4. The standard InChI is InChI=1S/C35H41N3O6/c1-34(2,3)44-33(41)38-16-9-14-31(38)28-13-8-12-27(18-28)29(19-30(21-39)42-4)20-36-23-35(24-36)15-17-37(25-35)32(40)43-22-26-10-6-5-7-11-26/h5-14,16,18,29H,15,17,19-20,22-25H2,1-4H3/t29-/m1/s1. The third kappa shape index (κ3) is 7.41. The predicted molar refractivity (Wildman–Crippen MR) is 167 cm³/mol. The van der Waals surface area contributed by atoms with Crippen LogP contribution in [0.15, 0.2) is 78.7 Å². The molecule has 232 valence electrons. The number of amides is 1. The minimum atomic E-state index is -0.614. The Balaban J connectivity index is 1.25. The number of carbonyl (C=O) groups excluding carboxylic acids is 3. The topological polar surface area (TPSA) is 90.3 Å². The molecule has 0 bridgehead atoms. The van der Waals surface area contributed by atoms with Crippen LogP contribution >= 0.6 is 0 Å². The number of hydrogen-bond acceptors (Lipinski definition) is 7. The molecule has 1 amide bonds. The van der Waals surface area contributed by atoms with Crippen molar-refractivity contribution >= 4 is 18.1 Å². The molecule has 0 unspecified atom stereocenters. The zero-order valence-electron chi connectivity index (χ0n) is 26.0. The molecule has 0 aliphatic carbocycles. The van der Waals surface area contributed by atoms with Crippen molar-refractivity contribution in [3.63, 3.8) is 0 Å². The Hall–Kier alpha value is -4.33. The van der Waals surface area contributed by atoms with E-state index < -0.39 is 11.7 Å². The van der Waals surface area contributed by atoms with Gasteiger partial charge in [0.2, 0.25) is 0 Å². The summed E-state index contributed by atoms with van der Waals surface area (Å²) in [6.07, 6.45) is 2.33. The lowest BCUT2D eigenvalue weighted by atomic mass is 9.78. The molecule has 9 nitrogen and oxygen atoms in total. The highest BCUT2D eigenvalue weighted by atomic mass is 16.6. The number of carbonyl (C=O) groups is 2. The zero-order valence-corrected chi connectivity index (χ0v) is 26.0. The lowest BCUT2D eigenvalue weighted by Gasteiger charge is -2.49. The second kappa shape index (κ2) is 13.1. The van der Waals surface area contributed by atoms with Crippen molar-refractivity contribution in [1.82, 2.24) is 14.4 Å². The van der Waals surface area contributed by atoms with Gasteiger partial charge in [-0.05, 0) is 62.1 Å². The number of ether oxygens (including phenoxy) is 3. The van der Waals surface area contributed by atoms with E-state index in [4.69, 9.17) is 14.2 Å². The van der Waals surface area contributed by atoms with Gasteiger partial charge in [0.15, 0.2) is 11.7 Å². The van der Waals surface area contributed by atoms with Crippen LogP contribution in [0.25, 0.3) is 11.3 Å². The van der Waals surface area contributed by atoms with E-state index in [1.54, 1.807) is 6.20 Å². The van der Waals surface area contributed by atoms with Gasteiger partial charge < -0.3 is 24.0 Å². The van der Waals surface area contributed by atoms with Gasteiger partial charge in [0.1, 0.15) is 12.2 Å². The number of allylic oxidation sites excluding steroid dienone is 1. The average molecular weight is 600 g/mol. The monoisotopic (exact) mass is 599 g/mol. The molecule has 1 spiro atoms. The first kappa shape index (κ1) is 31.1. The molecule has 2 aromatic carbocycles. The number of rotatable bonds is 9. The van der Waals surface area contributed by atoms with Crippen LogP contribution in [0.4, 0.5) is 9.59 Å². The highest BCUT2D eigenvalue weighted by molar-refractivity contribution is 5.79. The van der Waals surface area contributed by atoms with Gasteiger partial charge >= 0.3 is 12.2 Å². The molecule has 2 aliphatic heterocycles. The molecular formula is C35H41N3O6. The quantitative estimate of drug-likeness (QED) is 0.216. The van der Waals surface area contributed by atoms with Crippen molar-refractivity contribution in [3.8, 4) is 11.3 Å². The highest BCUT2D eigenvalue weighted by Crippen LogP contribution is 2.41. The molecule has 5 rings (SSSR count). The summed E-state index contributed by atoms with van der Waals surface area (Å²) in [5.41, 5.74) is 3.04. The molecule has 9 heteroatoms. The summed E-state index contributed by atoms with van der Waals surface area (Å²) in [6.45, 7) is 9.59. The molecule has 1 aromatic heterocycles. The Morgan fingerprint density at radius 1 is 0.977 bits per heavy atom. The first-order valence-electron chi connectivity index (χ1n) is 15.0. The molecular weight excluding hydrogens is 558 g/mol. The summed E-state index contributed by atoms with van der Waals surface area (Å²) in [6, 6.07) is 21.5. The maximum atomic E-state index is 12.9. The Kier molecular flexibility index (Phi) is 9.28. The van der Waals surface area contributed by atoms with Crippen molar-refractivity contribution < 1.29 is 28.6 Å². The smallest absolute Gasteiger partial charge is 0.418 e. The number of hydrogen-bond donors (Lipinski definition) is 0. The summed E-state index contributed by atoms with van der Waals surface area (Å²) in [5.74, 6) is 2.17. The van der Waals surface area contributed by atoms with E-state index in [-0.39, 0.29) is 29.8 Å². The van der Waals surface area contributed by atoms with Gasteiger partial charge in [0.25, 0.3) is 0 Å². The summed E-state index contributed by atoms with van der Waals surface area (Å²) >= 11 is 0. The first-order valence-corrected chi connectivity index (χ1v) is 15.0. The van der Waals surface area contributed by atoms with E-state index in [2.05, 4.69) is 11.0 Å². The van der Waals surface area contributed by atoms with Gasteiger partial charge in [-0.25, -0.2) is 14.4 Å². The molecule has 0 radical (unpaired) electrons. The van der Waals surface area contributed by atoms with Gasteiger partial charge in [0.05, 0.1) is 12.8 Å². The second-order valence-electron chi connectivity index (χ2n) is 12.9. The lowest BCUT2D eigenvalue weighted by molar-refractivity contribution is 0.00248. The van der Waals surface area contributed by atoms with Crippen molar-refractivity contribution in [2.24, 2.45) is 5.41 Å². The molecule has 3 heterocycles. The largest absolute Gasteiger partial charge is 0.490 e. The number of methoxy groups -OCH3 is 1. The van der Waals surface area contributed by atoms with Crippen molar-refractivity contribution in [2.45, 2.75) is 51.7 Å². The van der Waals surface area contributed by atoms with Crippen LogP contribution in [0.1, 0.15) is 50.7 Å². The number of benzene rings is 2. The minimum absolute atomic E-state index is 0.0398. The van der Waals surface area contributed by atoms with Crippen molar-refractivity contribution in [2.75, 3.05) is 39.8 Å². The third-order valence-corrected chi connectivity index (χ3v) is 8.28. The zero-order chi connectivity index (χ0) is 31.3. The van der Waals surface area contributed by atoms with E-state index in [0.29, 0.717) is 26.1 Å². The van der Waals surface area contributed by atoms with E-state index in [1.165, 1.54) is 11.7 Å². The van der Waals surface area contributed by atoms with Crippen LogP contribution in [-0.2, 0) is 25.6 Å². The third-order valence-electron chi connectivity index (χ3n) is 8.28.